The topological polar surface area (TPSA) is 57.7 Å². The van der Waals surface area contributed by atoms with Crippen LogP contribution in [-0.2, 0) is 20.2 Å². The molecule has 1 aliphatic heterocycles. The van der Waals surface area contributed by atoms with Crippen molar-refractivity contribution in [3.8, 4) is 0 Å². The molecule has 0 spiro atoms. The minimum Gasteiger partial charge on any atom is -0.338 e. The quantitative estimate of drug-likeness (QED) is 0.849. The van der Waals surface area contributed by atoms with E-state index in [0.29, 0.717) is 13.1 Å². The van der Waals surface area contributed by atoms with Crippen molar-refractivity contribution >= 4 is 15.9 Å². The van der Waals surface area contributed by atoms with Gasteiger partial charge in [0.25, 0.3) is 0 Å². The van der Waals surface area contributed by atoms with E-state index in [1.54, 1.807) is 17.0 Å². The summed E-state index contributed by atoms with van der Waals surface area (Å²) in [7, 11) is -3.62. The van der Waals surface area contributed by atoms with Crippen LogP contribution in [0.4, 0.5) is 0 Å². The van der Waals surface area contributed by atoms with E-state index in [-0.39, 0.29) is 28.8 Å². The Labute approximate surface area is 139 Å². The molecule has 0 aromatic heterocycles. The fourth-order valence-corrected chi connectivity index (χ4v) is 4.07. The molecule has 0 N–H and O–H groups in total. The molecule has 5 nitrogen and oxygen atoms in total. The van der Waals surface area contributed by atoms with E-state index < -0.39 is 10.0 Å². The highest BCUT2D eigenvalue weighted by Crippen LogP contribution is 2.25. The van der Waals surface area contributed by atoms with Crippen LogP contribution in [0.25, 0.3) is 0 Å². The van der Waals surface area contributed by atoms with Gasteiger partial charge in [0.15, 0.2) is 0 Å². The first-order valence-corrected chi connectivity index (χ1v) is 9.37. The van der Waals surface area contributed by atoms with Gasteiger partial charge in [0.1, 0.15) is 0 Å². The van der Waals surface area contributed by atoms with E-state index in [1.807, 2.05) is 26.0 Å². The molecule has 1 heterocycles. The molecular formula is C17H26N2O3S. The van der Waals surface area contributed by atoms with Crippen molar-refractivity contribution in [1.29, 1.82) is 0 Å². The maximum absolute atomic E-state index is 12.7. The lowest BCUT2D eigenvalue weighted by Gasteiger charge is -2.36. The van der Waals surface area contributed by atoms with Crippen LogP contribution < -0.4 is 0 Å². The van der Waals surface area contributed by atoms with E-state index >= 15 is 0 Å². The van der Waals surface area contributed by atoms with Gasteiger partial charge in [-0.15, -0.1) is 0 Å². The van der Waals surface area contributed by atoms with Crippen LogP contribution in [-0.4, -0.2) is 49.2 Å². The van der Waals surface area contributed by atoms with Gasteiger partial charge in [0.2, 0.25) is 15.9 Å². The van der Waals surface area contributed by atoms with Gasteiger partial charge >= 0.3 is 0 Å². The second kappa shape index (κ2) is 6.24. The number of amides is 1. The Morgan fingerprint density at radius 1 is 1.04 bits per heavy atom. The van der Waals surface area contributed by atoms with Crippen molar-refractivity contribution in [2.75, 3.05) is 19.6 Å². The van der Waals surface area contributed by atoms with Crippen LogP contribution in [0.1, 0.15) is 40.2 Å². The lowest BCUT2D eigenvalue weighted by Crippen LogP contribution is -2.54. The average Bonchev–Trinajstić information content (AvgIpc) is 2.46. The molecule has 1 saturated heterocycles. The molecule has 0 atom stereocenters. The van der Waals surface area contributed by atoms with Gasteiger partial charge in [-0.05, 0) is 37.0 Å². The van der Waals surface area contributed by atoms with Crippen LogP contribution in [0.15, 0.2) is 29.2 Å². The van der Waals surface area contributed by atoms with E-state index in [0.717, 1.165) is 5.56 Å². The Morgan fingerprint density at radius 3 is 2.04 bits per heavy atom. The molecule has 0 saturated carbocycles. The first-order valence-electron chi connectivity index (χ1n) is 7.93. The normalized spacial score (nSPS) is 17.8. The molecule has 0 aliphatic carbocycles. The Bertz CT molecular complexity index is 673. The number of benzene rings is 1. The second-order valence-electron chi connectivity index (χ2n) is 7.29. The van der Waals surface area contributed by atoms with Gasteiger partial charge in [-0.2, -0.15) is 4.31 Å². The number of hydrogen-bond donors (Lipinski definition) is 0. The fraction of sp³-hybridized carbons (Fsp3) is 0.588. The van der Waals surface area contributed by atoms with Crippen molar-refractivity contribution in [3.63, 3.8) is 0 Å². The highest BCUT2D eigenvalue weighted by Gasteiger charge is 2.33. The predicted molar refractivity (Wildman–Crippen MR) is 90.7 cm³/mol. The molecule has 0 unspecified atom stereocenters. The lowest BCUT2D eigenvalue weighted by atomic mass is 9.87. The van der Waals surface area contributed by atoms with Crippen LogP contribution >= 0.6 is 0 Å². The van der Waals surface area contributed by atoms with Crippen molar-refractivity contribution in [1.82, 2.24) is 9.21 Å². The van der Waals surface area contributed by atoms with Gasteiger partial charge in [0.05, 0.1) is 11.4 Å². The first kappa shape index (κ1) is 17.9. The number of sulfonamides is 1. The zero-order valence-electron chi connectivity index (χ0n) is 14.5. The van der Waals surface area contributed by atoms with Crippen molar-refractivity contribution in [2.45, 2.75) is 51.0 Å². The summed E-state index contributed by atoms with van der Waals surface area (Å²) < 4.78 is 26.7. The molecule has 1 aliphatic rings. The summed E-state index contributed by atoms with van der Waals surface area (Å²) >= 11 is 0. The number of piperazine rings is 1. The minimum atomic E-state index is -3.62. The zero-order chi connectivity index (χ0) is 17.4. The molecule has 128 valence electrons. The molecule has 1 aromatic carbocycles. The second-order valence-corrected chi connectivity index (χ2v) is 9.23. The third-order valence-corrected chi connectivity index (χ3v) is 6.06. The summed E-state index contributed by atoms with van der Waals surface area (Å²) in [5, 5.41) is 0. The van der Waals surface area contributed by atoms with E-state index in [2.05, 4.69) is 20.8 Å². The molecule has 1 amide bonds. The Hall–Kier alpha value is -1.40. The van der Waals surface area contributed by atoms with Gasteiger partial charge in [-0.1, -0.05) is 32.9 Å². The van der Waals surface area contributed by atoms with Crippen molar-refractivity contribution < 1.29 is 13.2 Å². The number of nitrogens with zero attached hydrogens (tertiary/aromatic N) is 2. The fourth-order valence-electron chi connectivity index (χ4n) is 2.69. The van der Waals surface area contributed by atoms with Crippen LogP contribution in [0.2, 0.25) is 0 Å². The molecule has 6 heteroatoms. The Morgan fingerprint density at radius 2 is 1.61 bits per heavy atom. The number of carbonyl (C=O) groups is 1. The Kier molecular flexibility index (Phi) is 4.87. The molecule has 0 bridgehead atoms. The predicted octanol–water partition coefficient (Wildman–Crippen LogP) is 2.23. The van der Waals surface area contributed by atoms with Gasteiger partial charge in [-0.25, -0.2) is 8.42 Å². The Balaban J connectivity index is 2.21. The molecular weight excluding hydrogens is 312 g/mol. The number of rotatable bonds is 3. The molecule has 2 rings (SSSR count). The van der Waals surface area contributed by atoms with Gasteiger partial charge in [0, 0.05) is 19.1 Å². The standard InChI is InChI=1S/C17H26N2O3S/c1-13(2)19-11-10-18(12-16(19)20)23(21,22)15-8-6-14(7-9-15)17(3,4)5/h6-9,13H,10-12H2,1-5H3. The summed E-state index contributed by atoms with van der Waals surface area (Å²) in [5.41, 5.74) is 1.05. The van der Waals surface area contributed by atoms with Crippen molar-refractivity contribution in [3.05, 3.63) is 29.8 Å². The average molecular weight is 338 g/mol. The first-order chi connectivity index (χ1) is 10.5. The van der Waals surface area contributed by atoms with Crippen LogP contribution in [0.3, 0.4) is 0 Å². The summed E-state index contributed by atoms with van der Waals surface area (Å²) in [6.07, 6.45) is 0. The van der Waals surface area contributed by atoms with E-state index in [9.17, 15) is 13.2 Å². The monoisotopic (exact) mass is 338 g/mol. The highest BCUT2D eigenvalue weighted by molar-refractivity contribution is 7.89. The minimum absolute atomic E-state index is 0.0266. The van der Waals surface area contributed by atoms with Crippen LogP contribution in [0, 0.1) is 0 Å². The van der Waals surface area contributed by atoms with Gasteiger partial charge < -0.3 is 4.90 Å². The summed E-state index contributed by atoms with van der Waals surface area (Å²) in [5.74, 6) is -0.138. The zero-order valence-corrected chi connectivity index (χ0v) is 15.4. The number of carbonyl (C=O) groups excluding carboxylic acids is 1. The van der Waals surface area contributed by atoms with Crippen LogP contribution in [0.5, 0.6) is 0 Å². The third kappa shape index (κ3) is 3.75. The van der Waals surface area contributed by atoms with E-state index in [4.69, 9.17) is 0 Å². The SMILES string of the molecule is CC(C)N1CCN(S(=O)(=O)c2ccc(C(C)(C)C)cc2)CC1=O. The maximum Gasteiger partial charge on any atom is 0.243 e. The molecule has 0 radical (unpaired) electrons. The van der Waals surface area contributed by atoms with Crippen molar-refractivity contribution in [2.24, 2.45) is 0 Å². The third-order valence-electron chi connectivity index (χ3n) is 4.20. The maximum atomic E-state index is 12.7. The summed E-state index contributed by atoms with van der Waals surface area (Å²) in [6, 6.07) is 7.06. The lowest BCUT2D eigenvalue weighted by molar-refractivity contribution is -0.135. The molecule has 1 fully saturated rings. The largest absolute Gasteiger partial charge is 0.338 e. The number of hydrogen-bond acceptors (Lipinski definition) is 3. The highest BCUT2D eigenvalue weighted by atomic mass is 32.2. The van der Waals surface area contributed by atoms with E-state index in [1.165, 1.54) is 4.31 Å². The summed E-state index contributed by atoms with van der Waals surface area (Å²) in [4.78, 5) is 14.1. The van der Waals surface area contributed by atoms with Gasteiger partial charge in [-0.3, -0.25) is 4.79 Å². The molecule has 1 aromatic rings. The smallest absolute Gasteiger partial charge is 0.243 e. The summed E-state index contributed by atoms with van der Waals surface area (Å²) in [6.45, 7) is 10.8. The molecule has 23 heavy (non-hydrogen) atoms.